The molecular formula is C18H18N4O4S. The summed E-state index contributed by atoms with van der Waals surface area (Å²) < 4.78 is 26.8. The van der Waals surface area contributed by atoms with Crippen LogP contribution in [0.3, 0.4) is 0 Å². The number of amides is 1. The zero-order valence-electron chi connectivity index (χ0n) is 14.4. The molecule has 1 amide bonds. The maximum Gasteiger partial charge on any atom is 0.323 e. The number of aromatic nitrogens is 2. The van der Waals surface area contributed by atoms with E-state index in [4.69, 9.17) is 0 Å². The van der Waals surface area contributed by atoms with Gasteiger partial charge in [0.05, 0.1) is 15.9 Å². The molecule has 27 heavy (non-hydrogen) atoms. The molecule has 1 aromatic heterocycles. The summed E-state index contributed by atoms with van der Waals surface area (Å²) in [5, 5.41) is 2.72. The highest BCUT2D eigenvalue weighted by molar-refractivity contribution is 7.89. The number of nitrogens with one attached hydrogen (secondary N) is 3. The predicted molar refractivity (Wildman–Crippen MR) is 101 cm³/mol. The van der Waals surface area contributed by atoms with E-state index in [2.05, 4.69) is 15.3 Å². The van der Waals surface area contributed by atoms with Gasteiger partial charge in [0.2, 0.25) is 10.0 Å². The van der Waals surface area contributed by atoms with Crippen LogP contribution >= 0.6 is 0 Å². The summed E-state index contributed by atoms with van der Waals surface area (Å²) in [5.74, 6) is -0.425. The second-order valence-electron chi connectivity index (χ2n) is 6.43. The molecule has 2 heterocycles. The maximum absolute atomic E-state index is 12.7. The minimum atomic E-state index is -3.58. The predicted octanol–water partition coefficient (Wildman–Crippen LogP) is 1.89. The number of benzene rings is 2. The van der Waals surface area contributed by atoms with Crippen LogP contribution < -0.4 is 11.0 Å². The first-order chi connectivity index (χ1) is 12.9. The van der Waals surface area contributed by atoms with Crippen molar-refractivity contribution in [2.24, 2.45) is 0 Å². The molecule has 1 saturated heterocycles. The van der Waals surface area contributed by atoms with Gasteiger partial charge in [-0.3, -0.25) is 4.79 Å². The molecule has 0 radical (unpaired) electrons. The quantitative estimate of drug-likeness (QED) is 0.635. The van der Waals surface area contributed by atoms with E-state index in [1.54, 1.807) is 30.3 Å². The van der Waals surface area contributed by atoms with Crippen molar-refractivity contribution >= 4 is 32.7 Å². The van der Waals surface area contributed by atoms with Crippen molar-refractivity contribution in [3.63, 3.8) is 0 Å². The first-order valence-corrected chi connectivity index (χ1v) is 10.0. The first-order valence-electron chi connectivity index (χ1n) is 8.57. The minimum Gasteiger partial charge on any atom is -0.322 e. The Morgan fingerprint density at radius 1 is 1.00 bits per heavy atom. The number of carbonyl (C=O) groups is 1. The number of hydrogen-bond acceptors (Lipinski definition) is 4. The van der Waals surface area contributed by atoms with E-state index in [0.29, 0.717) is 29.8 Å². The maximum atomic E-state index is 12.7. The molecule has 3 N–H and O–H groups in total. The summed E-state index contributed by atoms with van der Waals surface area (Å²) in [6.07, 6.45) is 1.70. The largest absolute Gasteiger partial charge is 0.323 e. The fourth-order valence-corrected chi connectivity index (χ4v) is 4.75. The average molecular weight is 386 g/mol. The standard InChI is InChI=1S/C18H18N4O4S/c23-17(19-13-6-7-15-16(11-13)21-18(24)20-15)12-4-3-5-14(10-12)27(25,26)22-8-1-2-9-22/h3-7,10-11H,1-2,8-9H2,(H,19,23)(H2,20,21,24). The number of H-pyrrole nitrogens is 2. The molecule has 1 aliphatic heterocycles. The third-order valence-corrected chi connectivity index (χ3v) is 6.47. The lowest BCUT2D eigenvalue weighted by Gasteiger charge is -2.16. The van der Waals surface area contributed by atoms with E-state index in [1.807, 2.05) is 0 Å². The van der Waals surface area contributed by atoms with Crippen molar-refractivity contribution < 1.29 is 13.2 Å². The number of carbonyl (C=O) groups excluding carboxylic acids is 1. The normalized spacial score (nSPS) is 15.3. The van der Waals surface area contributed by atoms with Crippen molar-refractivity contribution in [1.82, 2.24) is 14.3 Å². The molecule has 0 atom stereocenters. The van der Waals surface area contributed by atoms with Crippen LogP contribution in [0.25, 0.3) is 11.0 Å². The molecule has 0 unspecified atom stereocenters. The van der Waals surface area contributed by atoms with Gasteiger partial charge in [-0.25, -0.2) is 13.2 Å². The molecule has 0 bridgehead atoms. The van der Waals surface area contributed by atoms with Gasteiger partial charge < -0.3 is 15.3 Å². The Labute approximate surface area is 155 Å². The fraction of sp³-hybridized carbons (Fsp3) is 0.222. The second kappa shape index (κ2) is 6.67. The van der Waals surface area contributed by atoms with Gasteiger partial charge in [-0.1, -0.05) is 6.07 Å². The number of rotatable bonds is 4. The summed E-state index contributed by atoms with van der Waals surface area (Å²) in [6.45, 7) is 1.02. The molecule has 1 fully saturated rings. The van der Waals surface area contributed by atoms with E-state index >= 15 is 0 Å². The summed E-state index contributed by atoms with van der Waals surface area (Å²) >= 11 is 0. The van der Waals surface area contributed by atoms with E-state index in [-0.39, 0.29) is 16.1 Å². The number of imidazole rings is 1. The number of nitrogens with zero attached hydrogens (tertiary/aromatic N) is 1. The first kappa shape index (κ1) is 17.5. The van der Waals surface area contributed by atoms with Crippen molar-refractivity contribution in [2.45, 2.75) is 17.7 Å². The van der Waals surface area contributed by atoms with Crippen LogP contribution in [0.2, 0.25) is 0 Å². The lowest BCUT2D eigenvalue weighted by molar-refractivity contribution is 0.102. The van der Waals surface area contributed by atoms with Gasteiger partial charge in [0.1, 0.15) is 0 Å². The Hall–Kier alpha value is -2.91. The van der Waals surface area contributed by atoms with Crippen LogP contribution in [0, 0.1) is 0 Å². The molecule has 3 aromatic rings. The molecule has 2 aromatic carbocycles. The molecular weight excluding hydrogens is 368 g/mol. The van der Waals surface area contributed by atoms with E-state index in [1.165, 1.54) is 16.4 Å². The monoisotopic (exact) mass is 386 g/mol. The van der Waals surface area contributed by atoms with E-state index < -0.39 is 15.9 Å². The van der Waals surface area contributed by atoms with Gasteiger partial charge in [0.15, 0.2) is 0 Å². The highest BCUT2D eigenvalue weighted by Gasteiger charge is 2.27. The molecule has 0 saturated carbocycles. The van der Waals surface area contributed by atoms with Gasteiger partial charge in [0.25, 0.3) is 5.91 Å². The molecule has 9 heteroatoms. The topological polar surface area (TPSA) is 115 Å². The van der Waals surface area contributed by atoms with Gasteiger partial charge in [-0.15, -0.1) is 0 Å². The van der Waals surface area contributed by atoms with Gasteiger partial charge in [-0.05, 0) is 49.2 Å². The number of fused-ring (bicyclic) bond motifs is 1. The molecule has 140 valence electrons. The number of aromatic amines is 2. The Bertz CT molecular complexity index is 1170. The zero-order chi connectivity index (χ0) is 19.0. The highest BCUT2D eigenvalue weighted by atomic mass is 32.2. The lowest BCUT2D eigenvalue weighted by Crippen LogP contribution is -2.28. The average Bonchev–Trinajstić information content (AvgIpc) is 3.30. The van der Waals surface area contributed by atoms with Crippen molar-refractivity contribution in [3.8, 4) is 0 Å². The number of anilines is 1. The molecule has 4 rings (SSSR count). The molecule has 0 aliphatic carbocycles. The smallest absolute Gasteiger partial charge is 0.322 e. The Morgan fingerprint density at radius 3 is 2.52 bits per heavy atom. The van der Waals surface area contributed by atoms with Crippen LogP contribution in [0.1, 0.15) is 23.2 Å². The molecule has 1 aliphatic rings. The van der Waals surface area contributed by atoms with E-state index in [0.717, 1.165) is 12.8 Å². The summed E-state index contributed by atoms with van der Waals surface area (Å²) in [7, 11) is -3.58. The van der Waals surface area contributed by atoms with Crippen LogP contribution in [0.5, 0.6) is 0 Å². The fourth-order valence-electron chi connectivity index (χ4n) is 3.19. The van der Waals surface area contributed by atoms with Crippen molar-refractivity contribution in [2.75, 3.05) is 18.4 Å². The molecule has 8 nitrogen and oxygen atoms in total. The van der Waals surface area contributed by atoms with Crippen molar-refractivity contribution in [1.29, 1.82) is 0 Å². The van der Waals surface area contributed by atoms with Gasteiger partial charge >= 0.3 is 5.69 Å². The third kappa shape index (κ3) is 3.38. The number of hydrogen-bond donors (Lipinski definition) is 3. The van der Waals surface area contributed by atoms with Crippen LogP contribution in [-0.2, 0) is 10.0 Å². The third-order valence-electron chi connectivity index (χ3n) is 4.57. The summed E-state index contributed by atoms with van der Waals surface area (Å²) in [4.78, 5) is 29.2. The van der Waals surface area contributed by atoms with Crippen LogP contribution in [0.15, 0.2) is 52.2 Å². The molecule has 0 spiro atoms. The Kier molecular flexibility index (Phi) is 4.33. The van der Waals surface area contributed by atoms with Gasteiger partial charge in [0, 0.05) is 24.3 Å². The lowest BCUT2D eigenvalue weighted by atomic mass is 10.2. The Balaban J connectivity index is 1.59. The van der Waals surface area contributed by atoms with Gasteiger partial charge in [-0.2, -0.15) is 4.31 Å². The van der Waals surface area contributed by atoms with Crippen molar-refractivity contribution in [3.05, 3.63) is 58.5 Å². The second-order valence-corrected chi connectivity index (χ2v) is 8.37. The summed E-state index contributed by atoms with van der Waals surface area (Å²) in [5.41, 5.74) is 1.63. The SMILES string of the molecule is O=C(Nc1ccc2[nH]c(=O)[nH]c2c1)c1cccc(S(=O)(=O)N2CCCC2)c1. The summed E-state index contributed by atoms with van der Waals surface area (Å²) in [6, 6.07) is 11.0. The highest BCUT2D eigenvalue weighted by Crippen LogP contribution is 2.22. The van der Waals surface area contributed by atoms with E-state index in [9.17, 15) is 18.0 Å². The zero-order valence-corrected chi connectivity index (χ0v) is 15.2. The minimum absolute atomic E-state index is 0.113. The number of sulfonamides is 1. The van der Waals surface area contributed by atoms with Crippen LogP contribution in [-0.4, -0.2) is 41.7 Å². The Morgan fingerprint density at radius 2 is 1.74 bits per heavy atom. The van der Waals surface area contributed by atoms with Crippen LogP contribution in [0.4, 0.5) is 5.69 Å².